The molecule has 5 heteroatoms. The van der Waals surface area contributed by atoms with E-state index in [0.29, 0.717) is 29.9 Å². The molecule has 0 radical (unpaired) electrons. The van der Waals surface area contributed by atoms with Gasteiger partial charge in [-0.2, -0.15) is 0 Å². The Bertz CT molecular complexity index is 411. The molecule has 0 N–H and O–H groups in total. The Morgan fingerprint density at radius 3 is 3.24 bits per heavy atom. The van der Waals surface area contributed by atoms with Crippen LogP contribution in [0.15, 0.2) is 22.9 Å². The fourth-order valence-corrected chi connectivity index (χ4v) is 2.23. The molecule has 1 amide bonds. The molecule has 0 bridgehead atoms. The lowest BCUT2D eigenvalue weighted by atomic mass is 10.2. The highest BCUT2D eigenvalue weighted by Gasteiger charge is 2.23. The minimum absolute atomic E-state index is 0.0508. The number of ether oxygens (including phenoxy) is 1. The molecule has 1 atom stereocenters. The molecular formula is C12H15BrN2O2. The van der Waals surface area contributed by atoms with Crippen LogP contribution in [0.4, 0.5) is 0 Å². The van der Waals surface area contributed by atoms with Gasteiger partial charge in [-0.25, -0.2) is 4.98 Å². The zero-order valence-electron chi connectivity index (χ0n) is 9.73. The number of carbonyl (C=O) groups is 1. The number of carbonyl (C=O) groups excluding carboxylic acids is 1. The van der Waals surface area contributed by atoms with Crippen LogP contribution < -0.4 is 0 Å². The van der Waals surface area contributed by atoms with Gasteiger partial charge in [-0.05, 0) is 34.5 Å². The second-order valence-electron chi connectivity index (χ2n) is 4.02. The molecule has 1 fully saturated rings. The molecule has 4 nitrogen and oxygen atoms in total. The van der Waals surface area contributed by atoms with Gasteiger partial charge in [-0.1, -0.05) is 6.92 Å². The van der Waals surface area contributed by atoms with Crippen LogP contribution in [0.5, 0.6) is 0 Å². The molecule has 2 heterocycles. The highest BCUT2D eigenvalue weighted by atomic mass is 79.9. The average molecular weight is 299 g/mol. The number of hydrogen-bond acceptors (Lipinski definition) is 3. The molecule has 1 aromatic rings. The van der Waals surface area contributed by atoms with Crippen molar-refractivity contribution >= 4 is 21.8 Å². The fourth-order valence-electron chi connectivity index (χ4n) is 1.87. The van der Waals surface area contributed by atoms with Crippen LogP contribution >= 0.6 is 15.9 Å². The normalized spacial score (nSPS) is 20.4. The van der Waals surface area contributed by atoms with Crippen LogP contribution in [0.25, 0.3) is 0 Å². The summed E-state index contributed by atoms with van der Waals surface area (Å²) in [6.45, 7) is 4.03. The van der Waals surface area contributed by atoms with Gasteiger partial charge in [-0.3, -0.25) is 4.79 Å². The predicted octanol–water partition coefficient (Wildman–Crippen LogP) is 2.10. The molecule has 1 aliphatic rings. The van der Waals surface area contributed by atoms with Gasteiger partial charge in [0.15, 0.2) is 0 Å². The first kappa shape index (κ1) is 12.5. The van der Waals surface area contributed by atoms with Gasteiger partial charge in [0.1, 0.15) is 4.60 Å². The van der Waals surface area contributed by atoms with E-state index in [2.05, 4.69) is 27.8 Å². The number of halogens is 1. The standard InChI is InChI=1S/C12H15BrN2O2/c1-2-10-8-15(5-6-17-10)12(16)9-3-4-14-11(13)7-9/h3-4,7,10H,2,5-6,8H2,1H3. The van der Waals surface area contributed by atoms with Crippen molar-refractivity contribution in [2.75, 3.05) is 19.7 Å². The Morgan fingerprint density at radius 2 is 2.53 bits per heavy atom. The molecule has 1 aliphatic heterocycles. The zero-order chi connectivity index (χ0) is 12.3. The summed E-state index contributed by atoms with van der Waals surface area (Å²) in [6, 6.07) is 3.49. The van der Waals surface area contributed by atoms with E-state index in [4.69, 9.17) is 4.74 Å². The summed E-state index contributed by atoms with van der Waals surface area (Å²) in [5, 5.41) is 0. The largest absolute Gasteiger partial charge is 0.375 e. The van der Waals surface area contributed by atoms with E-state index in [1.165, 1.54) is 0 Å². The summed E-state index contributed by atoms with van der Waals surface area (Å²) in [5.74, 6) is 0.0508. The van der Waals surface area contributed by atoms with E-state index in [0.717, 1.165) is 6.42 Å². The SMILES string of the molecule is CCC1CN(C(=O)c2ccnc(Br)c2)CCO1. The molecule has 1 unspecified atom stereocenters. The highest BCUT2D eigenvalue weighted by Crippen LogP contribution is 2.14. The smallest absolute Gasteiger partial charge is 0.254 e. The van der Waals surface area contributed by atoms with Gasteiger partial charge < -0.3 is 9.64 Å². The van der Waals surface area contributed by atoms with Gasteiger partial charge in [0, 0.05) is 24.8 Å². The summed E-state index contributed by atoms with van der Waals surface area (Å²) < 4.78 is 6.24. The number of pyridine rings is 1. The van der Waals surface area contributed by atoms with Crippen LogP contribution in [-0.2, 0) is 4.74 Å². The third-order valence-electron chi connectivity index (χ3n) is 2.85. The molecule has 0 saturated carbocycles. The van der Waals surface area contributed by atoms with E-state index in [-0.39, 0.29) is 12.0 Å². The van der Waals surface area contributed by atoms with Gasteiger partial charge in [0.25, 0.3) is 5.91 Å². The van der Waals surface area contributed by atoms with E-state index < -0.39 is 0 Å². The maximum Gasteiger partial charge on any atom is 0.254 e. The molecule has 2 rings (SSSR count). The van der Waals surface area contributed by atoms with Crippen molar-refractivity contribution in [2.45, 2.75) is 19.4 Å². The quantitative estimate of drug-likeness (QED) is 0.785. The number of nitrogens with zero attached hydrogens (tertiary/aromatic N) is 2. The fraction of sp³-hybridized carbons (Fsp3) is 0.500. The van der Waals surface area contributed by atoms with Crippen molar-refractivity contribution in [3.8, 4) is 0 Å². The Morgan fingerprint density at radius 1 is 1.71 bits per heavy atom. The maximum absolute atomic E-state index is 12.2. The van der Waals surface area contributed by atoms with Gasteiger partial charge in [0.2, 0.25) is 0 Å². The summed E-state index contributed by atoms with van der Waals surface area (Å²) in [7, 11) is 0. The zero-order valence-corrected chi connectivity index (χ0v) is 11.3. The van der Waals surface area contributed by atoms with Crippen LogP contribution in [0.1, 0.15) is 23.7 Å². The summed E-state index contributed by atoms with van der Waals surface area (Å²) in [4.78, 5) is 18.1. The third-order valence-corrected chi connectivity index (χ3v) is 3.29. The van der Waals surface area contributed by atoms with E-state index in [9.17, 15) is 4.79 Å². The molecule has 1 aromatic heterocycles. The van der Waals surface area contributed by atoms with Crippen LogP contribution in [0.2, 0.25) is 0 Å². The lowest BCUT2D eigenvalue weighted by Crippen LogP contribution is -2.45. The monoisotopic (exact) mass is 298 g/mol. The van der Waals surface area contributed by atoms with Crippen molar-refractivity contribution < 1.29 is 9.53 Å². The Hall–Kier alpha value is -0.940. The number of amides is 1. The maximum atomic E-state index is 12.2. The van der Waals surface area contributed by atoms with E-state index >= 15 is 0 Å². The molecule has 0 aliphatic carbocycles. The summed E-state index contributed by atoms with van der Waals surface area (Å²) >= 11 is 3.27. The van der Waals surface area contributed by atoms with Crippen molar-refractivity contribution in [1.29, 1.82) is 0 Å². The van der Waals surface area contributed by atoms with Gasteiger partial charge in [-0.15, -0.1) is 0 Å². The number of aromatic nitrogens is 1. The lowest BCUT2D eigenvalue weighted by Gasteiger charge is -2.32. The van der Waals surface area contributed by atoms with Crippen LogP contribution in [0.3, 0.4) is 0 Å². The van der Waals surface area contributed by atoms with E-state index in [1.807, 2.05) is 4.90 Å². The summed E-state index contributed by atoms with van der Waals surface area (Å²) in [5.41, 5.74) is 0.670. The molecule has 0 spiro atoms. The third kappa shape index (κ3) is 3.04. The minimum atomic E-state index is 0.0508. The second-order valence-corrected chi connectivity index (χ2v) is 4.83. The number of morpholine rings is 1. The Kier molecular flexibility index (Phi) is 4.12. The number of hydrogen-bond donors (Lipinski definition) is 0. The van der Waals surface area contributed by atoms with Gasteiger partial charge in [0.05, 0.1) is 12.7 Å². The molecule has 0 aromatic carbocycles. The molecule has 92 valence electrons. The first-order valence-electron chi connectivity index (χ1n) is 5.73. The predicted molar refractivity (Wildman–Crippen MR) is 67.9 cm³/mol. The first-order chi connectivity index (χ1) is 8.20. The first-order valence-corrected chi connectivity index (χ1v) is 6.52. The summed E-state index contributed by atoms with van der Waals surface area (Å²) in [6.07, 6.45) is 2.73. The second kappa shape index (κ2) is 5.60. The molecular weight excluding hydrogens is 284 g/mol. The molecule has 1 saturated heterocycles. The molecule has 17 heavy (non-hydrogen) atoms. The Labute approximate surface area is 109 Å². The Balaban J connectivity index is 2.09. The van der Waals surface area contributed by atoms with Crippen molar-refractivity contribution in [3.63, 3.8) is 0 Å². The van der Waals surface area contributed by atoms with Crippen molar-refractivity contribution in [3.05, 3.63) is 28.5 Å². The van der Waals surface area contributed by atoms with Gasteiger partial charge >= 0.3 is 0 Å². The highest BCUT2D eigenvalue weighted by molar-refractivity contribution is 9.10. The minimum Gasteiger partial charge on any atom is -0.375 e. The van der Waals surface area contributed by atoms with Crippen LogP contribution in [-0.4, -0.2) is 41.6 Å². The average Bonchev–Trinajstić information content (AvgIpc) is 2.38. The number of rotatable bonds is 2. The van der Waals surface area contributed by atoms with E-state index in [1.54, 1.807) is 18.3 Å². The lowest BCUT2D eigenvalue weighted by molar-refractivity contribution is -0.0226. The topological polar surface area (TPSA) is 42.4 Å². The van der Waals surface area contributed by atoms with Crippen LogP contribution in [0, 0.1) is 0 Å². The van der Waals surface area contributed by atoms with Crippen molar-refractivity contribution in [2.24, 2.45) is 0 Å². The van der Waals surface area contributed by atoms with Crippen molar-refractivity contribution in [1.82, 2.24) is 9.88 Å².